The van der Waals surface area contributed by atoms with Crippen LogP contribution in [0.4, 0.5) is 10.6 Å². The Morgan fingerprint density at radius 3 is 2.69 bits per heavy atom. The zero-order valence-corrected chi connectivity index (χ0v) is 16.1. The van der Waals surface area contributed by atoms with Crippen LogP contribution in [-0.4, -0.2) is 49.1 Å². The normalized spacial score (nSPS) is 30.0. The summed E-state index contributed by atoms with van der Waals surface area (Å²) < 4.78 is 29.3. The van der Waals surface area contributed by atoms with Gasteiger partial charge in [0.1, 0.15) is 5.76 Å². The first-order valence-electron chi connectivity index (χ1n) is 9.53. The van der Waals surface area contributed by atoms with Crippen LogP contribution >= 0.6 is 0 Å². The Balaban J connectivity index is 1.41. The van der Waals surface area contributed by atoms with E-state index in [0.29, 0.717) is 25.3 Å². The van der Waals surface area contributed by atoms with Gasteiger partial charge in [-0.05, 0) is 32.1 Å². The molecule has 3 heterocycles. The summed E-state index contributed by atoms with van der Waals surface area (Å²) in [6, 6.07) is 1.62. The third-order valence-corrected chi connectivity index (χ3v) is 8.34. The number of aromatic nitrogens is 1. The van der Waals surface area contributed by atoms with Crippen molar-refractivity contribution in [2.45, 2.75) is 57.3 Å². The standard InChI is InChI=1S/C18H27N3O4S/c1-17(5-2-3-6-17)14-11-15(20-25-14)19-16(22)21-9-4-7-18(12-21)8-10-26(23,24)13-18/h11H,2-10,12-13H2,1H3,(H,19,20,22). The Labute approximate surface area is 154 Å². The van der Waals surface area contributed by atoms with Gasteiger partial charge in [-0.25, -0.2) is 13.2 Å². The van der Waals surface area contributed by atoms with Gasteiger partial charge in [0.2, 0.25) is 0 Å². The second-order valence-corrected chi connectivity index (χ2v) is 10.8. The lowest BCUT2D eigenvalue weighted by molar-refractivity contribution is 0.129. The van der Waals surface area contributed by atoms with Crippen LogP contribution < -0.4 is 5.32 Å². The maximum absolute atomic E-state index is 12.7. The molecule has 2 amide bonds. The predicted octanol–water partition coefficient (Wildman–Crippen LogP) is 2.94. The number of hydrogen-bond donors (Lipinski definition) is 1. The summed E-state index contributed by atoms with van der Waals surface area (Å²) >= 11 is 0. The summed E-state index contributed by atoms with van der Waals surface area (Å²) in [6.45, 7) is 3.33. The van der Waals surface area contributed by atoms with Crippen molar-refractivity contribution in [3.8, 4) is 0 Å². The highest BCUT2D eigenvalue weighted by atomic mass is 32.2. The SMILES string of the molecule is CC1(c2cc(NC(=O)N3CCCC4(CCS(=O)(=O)C4)C3)no2)CCCC1. The average Bonchev–Trinajstić information content (AvgIpc) is 3.29. The lowest BCUT2D eigenvalue weighted by atomic mass is 9.80. The molecule has 1 unspecified atom stereocenters. The first-order chi connectivity index (χ1) is 12.3. The quantitative estimate of drug-likeness (QED) is 0.850. The van der Waals surface area contributed by atoms with E-state index in [1.807, 2.05) is 6.07 Å². The summed E-state index contributed by atoms with van der Waals surface area (Å²) in [7, 11) is -2.96. The van der Waals surface area contributed by atoms with Gasteiger partial charge >= 0.3 is 6.03 Å². The Hall–Kier alpha value is -1.57. The van der Waals surface area contributed by atoms with E-state index in [-0.39, 0.29) is 28.4 Å². The topological polar surface area (TPSA) is 92.5 Å². The number of urea groups is 1. The summed E-state index contributed by atoms with van der Waals surface area (Å²) in [5.41, 5.74) is -0.246. The third kappa shape index (κ3) is 3.35. The van der Waals surface area contributed by atoms with Crippen LogP contribution in [0, 0.1) is 5.41 Å². The van der Waals surface area contributed by atoms with Gasteiger partial charge in [-0.3, -0.25) is 5.32 Å². The van der Waals surface area contributed by atoms with E-state index < -0.39 is 9.84 Å². The fourth-order valence-corrected chi connectivity index (χ4v) is 7.10. The summed E-state index contributed by atoms with van der Waals surface area (Å²) in [5, 5.41) is 6.86. The minimum Gasteiger partial charge on any atom is -0.359 e. The van der Waals surface area contributed by atoms with Crippen molar-refractivity contribution in [3.05, 3.63) is 11.8 Å². The molecule has 1 aliphatic carbocycles. The number of hydrogen-bond acceptors (Lipinski definition) is 5. The number of carbonyl (C=O) groups is 1. The first-order valence-corrected chi connectivity index (χ1v) is 11.4. The van der Waals surface area contributed by atoms with E-state index in [0.717, 1.165) is 31.4 Å². The number of carbonyl (C=O) groups excluding carboxylic acids is 1. The molecular weight excluding hydrogens is 354 g/mol. The van der Waals surface area contributed by atoms with Gasteiger partial charge in [0.05, 0.1) is 11.5 Å². The number of likely N-dealkylation sites (tertiary alicyclic amines) is 1. The molecular formula is C18H27N3O4S. The summed E-state index contributed by atoms with van der Waals surface area (Å²) in [5.74, 6) is 1.73. The summed E-state index contributed by atoms with van der Waals surface area (Å²) in [4.78, 5) is 14.4. The van der Waals surface area contributed by atoms with Crippen molar-refractivity contribution in [2.24, 2.45) is 5.41 Å². The molecule has 26 heavy (non-hydrogen) atoms. The monoisotopic (exact) mass is 381 g/mol. The lowest BCUT2D eigenvalue weighted by Gasteiger charge is -2.39. The minimum absolute atomic E-state index is 0.0172. The van der Waals surface area contributed by atoms with Crippen molar-refractivity contribution in [1.82, 2.24) is 10.1 Å². The first kappa shape index (κ1) is 17.8. The van der Waals surface area contributed by atoms with E-state index >= 15 is 0 Å². The lowest BCUT2D eigenvalue weighted by Crippen LogP contribution is -2.48. The Kier molecular flexibility index (Phi) is 4.28. The van der Waals surface area contributed by atoms with Crippen LogP contribution in [0.25, 0.3) is 0 Å². The minimum atomic E-state index is -2.96. The number of nitrogens with one attached hydrogen (secondary N) is 1. The number of amides is 2. The van der Waals surface area contributed by atoms with Gasteiger partial charge in [0, 0.05) is 30.0 Å². The number of piperidine rings is 1. The molecule has 144 valence electrons. The molecule has 1 aromatic heterocycles. The van der Waals surface area contributed by atoms with E-state index in [1.165, 1.54) is 12.8 Å². The predicted molar refractivity (Wildman–Crippen MR) is 97.9 cm³/mol. The second kappa shape index (κ2) is 6.25. The zero-order chi connectivity index (χ0) is 18.4. The fourth-order valence-electron chi connectivity index (χ4n) is 4.89. The van der Waals surface area contributed by atoms with Crippen molar-refractivity contribution < 1.29 is 17.7 Å². The van der Waals surface area contributed by atoms with Crippen LogP contribution in [0.5, 0.6) is 0 Å². The van der Waals surface area contributed by atoms with E-state index in [9.17, 15) is 13.2 Å². The van der Waals surface area contributed by atoms with Crippen molar-refractivity contribution >= 4 is 21.7 Å². The van der Waals surface area contributed by atoms with Gasteiger partial charge in [0.15, 0.2) is 15.7 Å². The number of nitrogens with zero attached hydrogens (tertiary/aromatic N) is 2. The van der Waals surface area contributed by atoms with Gasteiger partial charge in [-0.1, -0.05) is 24.9 Å². The smallest absolute Gasteiger partial charge is 0.323 e. The molecule has 0 bridgehead atoms. The van der Waals surface area contributed by atoms with Crippen molar-refractivity contribution in [1.29, 1.82) is 0 Å². The maximum atomic E-state index is 12.7. The molecule has 7 nitrogen and oxygen atoms in total. The molecule has 2 saturated heterocycles. The molecule has 0 aromatic carbocycles. The van der Waals surface area contributed by atoms with Gasteiger partial charge in [0.25, 0.3) is 0 Å². The highest BCUT2D eigenvalue weighted by Crippen LogP contribution is 2.42. The van der Waals surface area contributed by atoms with Crippen molar-refractivity contribution in [3.63, 3.8) is 0 Å². The van der Waals surface area contributed by atoms with Crippen LogP contribution in [0.1, 0.15) is 57.6 Å². The molecule has 0 radical (unpaired) electrons. The molecule has 3 aliphatic rings. The molecule has 1 N–H and O–H groups in total. The number of sulfone groups is 1. The molecule has 2 aliphatic heterocycles. The second-order valence-electron chi connectivity index (χ2n) is 8.64. The van der Waals surface area contributed by atoms with Crippen LogP contribution in [0.2, 0.25) is 0 Å². The fraction of sp³-hybridized carbons (Fsp3) is 0.778. The number of anilines is 1. The molecule has 1 atom stereocenters. The van der Waals surface area contributed by atoms with Crippen molar-refractivity contribution in [2.75, 3.05) is 29.9 Å². The average molecular weight is 381 g/mol. The highest BCUT2D eigenvalue weighted by Gasteiger charge is 2.45. The molecule has 4 rings (SSSR count). The van der Waals surface area contributed by atoms with Crippen LogP contribution in [0.15, 0.2) is 10.6 Å². The Morgan fingerprint density at radius 1 is 1.23 bits per heavy atom. The largest absolute Gasteiger partial charge is 0.359 e. The van der Waals surface area contributed by atoms with Gasteiger partial charge in [-0.2, -0.15) is 0 Å². The van der Waals surface area contributed by atoms with Crippen LogP contribution in [-0.2, 0) is 15.3 Å². The zero-order valence-electron chi connectivity index (χ0n) is 15.3. The molecule has 3 fully saturated rings. The maximum Gasteiger partial charge on any atom is 0.323 e. The van der Waals surface area contributed by atoms with E-state index in [1.54, 1.807) is 4.90 Å². The Bertz CT molecular complexity index is 797. The third-order valence-electron chi connectivity index (χ3n) is 6.47. The summed E-state index contributed by atoms with van der Waals surface area (Å²) in [6.07, 6.45) is 6.92. The Morgan fingerprint density at radius 2 is 2.00 bits per heavy atom. The van der Waals surface area contributed by atoms with Crippen LogP contribution in [0.3, 0.4) is 0 Å². The molecule has 8 heteroatoms. The molecule has 1 aromatic rings. The van der Waals surface area contributed by atoms with E-state index in [4.69, 9.17) is 4.52 Å². The van der Waals surface area contributed by atoms with Gasteiger partial charge < -0.3 is 9.42 Å². The number of rotatable bonds is 2. The molecule has 1 saturated carbocycles. The van der Waals surface area contributed by atoms with Gasteiger partial charge in [-0.15, -0.1) is 0 Å². The highest BCUT2D eigenvalue weighted by molar-refractivity contribution is 7.91. The van der Waals surface area contributed by atoms with E-state index in [2.05, 4.69) is 17.4 Å². The molecule has 1 spiro atoms.